The summed E-state index contributed by atoms with van der Waals surface area (Å²) in [4.78, 5) is 16.6. The van der Waals surface area contributed by atoms with E-state index in [2.05, 4.69) is 43.9 Å². The van der Waals surface area contributed by atoms with Gasteiger partial charge in [0.1, 0.15) is 11.5 Å². The van der Waals surface area contributed by atoms with Crippen LogP contribution in [0, 0.1) is 0 Å². The molecule has 0 unspecified atom stereocenters. The van der Waals surface area contributed by atoms with Gasteiger partial charge in [-0.1, -0.05) is 0 Å². The molecule has 1 fully saturated rings. The number of hydrogen-bond donors (Lipinski definition) is 1. The molecule has 0 aliphatic carbocycles. The van der Waals surface area contributed by atoms with Crippen LogP contribution in [0.5, 0.6) is 0 Å². The Morgan fingerprint density at radius 3 is 2.68 bits per heavy atom. The number of H-pyrrole nitrogens is 1. The lowest BCUT2D eigenvalue weighted by Crippen LogP contribution is -2.44. The van der Waals surface area contributed by atoms with Crippen molar-refractivity contribution in [3.63, 3.8) is 0 Å². The number of anilines is 1. The van der Waals surface area contributed by atoms with Crippen LogP contribution in [-0.4, -0.2) is 53.1 Å². The maximum absolute atomic E-state index is 7.89. The van der Waals surface area contributed by atoms with E-state index in [1.54, 1.807) is 6.20 Å². The Hall–Kier alpha value is -2.40. The fraction of sp³-hybridized carbons (Fsp3) is 0.294. The van der Waals surface area contributed by atoms with E-state index in [-0.39, 0.29) is 0 Å². The third-order valence-corrected chi connectivity index (χ3v) is 4.23. The van der Waals surface area contributed by atoms with Crippen LogP contribution in [0.15, 0.2) is 42.8 Å². The number of piperazine rings is 1. The third kappa shape index (κ3) is 2.44. The van der Waals surface area contributed by atoms with E-state index >= 15 is 0 Å². The van der Waals surface area contributed by atoms with Crippen molar-refractivity contribution in [2.45, 2.75) is 0 Å². The Morgan fingerprint density at radius 2 is 1.91 bits per heavy atom. The van der Waals surface area contributed by atoms with Gasteiger partial charge in [-0.05, 0) is 31.3 Å². The quantitative estimate of drug-likeness (QED) is 0.788. The summed E-state index contributed by atoms with van der Waals surface area (Å²) >= 11 is 0. The number of aromatic nitrogens is 3. The van der Waals surface area contributed by atoms with Crippen LogP contribution in [0.1, 0.15) is 1.37 Å². The number of fused-ring (bicyclic) bond motifs is 1. The Labute approximate surface area is 131 Å². The van der Waals surface area contributed by atoms with Gasteiger partial charge in [0, 0.05) is 61.3 Å². The maximum Gasteiger partial charge on any atom is 0.137 e. The summed E-state index contributed by atoms with van der Waals surface area (Å²) in [6.07, 6.45) is 5.38. The van der Waals surface area contributed by atoms with Crippen molar-refractivity contribution in [2.24, 2.45) is 0 Å². The molecule has 0 aromatic carbocycles. The molecule has 0 atom stereocenters. The molecule has 0 saturated carbocycles. The van der Waals surface area contributed by atoms with E-state index in [9.17, 15) is 0 Å². The molecular weight excluding hydrogens is 274 g/mol. The lowest BCUT2D eigenvalue weighted by atomic mass is 10.1. The Kier molecular flexibility index (Phi) is 3.00. The Morgan fingerprint density at radius 1 is 1.09 bits per heavy atom. The van der Waals surface area contributed by atoms with Crippen LogP contribution in [0.3, 0.4) is 0 Å². The second-order valence-electron chi connectivity index (χ2n) is 5.75. The Bertz CT molecular complexity index is 819. The van der Waals surface area contributed by atoms with E-state index < -0.39 is 0 Å². The highest BCUT2D eigenvalue weighted by Crippen LogP contribution is 2.23. The highest BCUT2D eigenvalue weighted by Gasteiger charge is 2.15. The maximum atomic E-state index is 7.89. The molecule has 1 aliphatic heterocycles. The topological polar surface area (TPSA) is 48.1 Å². The summed E-state index contributed by atoms with van der Waals surface area (Å²) in [5.74, 6) is 1.03. The molecule has 1 saturated heterocycles. The second kappa shape index (κ2) is 5.42. The van der Waals surface area contributed by atoms with Crippen molar-refractivity contribution in [3.05, 3.63) is 42.8 Å². The van der Waals surface area contributed by atoms with Crippen LogP contribution >= 0.6 is 0 Å². The predicted molar refractivity (Wildman–Crippen MR) is 89.0 cm³/mol. The van der Waals surface area contributed by atoms with Crippen LogP contribution in [0.25, 0.3) is 22.2 Å². The first kappa shape index (κ1) is 12.2. The van der Waals surface area contributed by atoms with Crippen LogP contribution in [0.4, 0.5) is 5.82 Å². The van der Waals surface area contributed by atoms with Gasteiger partial charge in [0.15, 0.2) is 0 Å². The van der Waals surface area contributed by atoms with E-state index in [1.807, 2.05) is 18.5 Å². The molecule has 1 aliphatic rings. The second-order valence-corrected chi connectivity index (χ2v) is 5.75. The monoisotopic (exact) mass is 294 g/mol. The van der Waals surface area contributed by atoms with Gasteiger partial charge >= 0.3 is 0 Å². The van der Waals surface area contributed by atoms with Gasteiger partial charge in [0.25, 0.3) is 0 Å². The highest BCUT2D eigenvalue weighted by molar-refractivity contribution is 5.81. The summed E-state index contributed by atoms with van der Waals surface area (Å²) in [6, 6.07) is 6.62. The third-order valence-electron chi connectivity index (χ3n) is 4.23. The molecule has 5 heteroatoms. The van der Waals surface area contributed by atoms with Crippen molar-refractivity contribution in [2.75, 3.05) is 38.1 Å². The molecule has 0 bridgehead atoms. The zero-order valence-corrected chi connectivity index (χ0v) is 12.6. The molecule has 5 nitrogen and oxygen atoms in total. The lowest BCUT2D eigenvalue weighted by molar-refractivity contribution is 0.312. The SMILES string of the molecule is [2H]c1c[nH]c2ncc(-c3ccc(N4CCN(C)CC4)nc3)cc12. The summed E-state index contributed by atoms with van der Waals surface area (Å²) in [7, 11) is 2.15. The number of nitrogens with zero attached hydrogens (tertiary/aromatic N) is 4. The van der Waals surface area contributed by atoms with Crippen LogP contribution in [0.2, 0.25) is 0 Å². The molecule has 3 aromatic heterocycles. The number of rotatable bonds is 2. The fourth-order valence-corrected chi connectivity index (χ4v) is 2.81. The van der Waals surface area contributed by atoms with E-state index in [1.165, 1.54) is 0 Å². The molecule has 4 heterocycles. The number of pyridine rings is 2. The van der Waals surface area contributed by atoms with Gasteiger partial charge in [-0.25, -0.2) is 9.97 Å². The highest BCUT2D eigenvalue weighted by atomic mass is 15.3. The molecule has 0 spiro atoms. The molecular formula is C17H19N5. The number of aromatic amines is 1. The molecule has 3 aromatic rings. The molecule has 112 valence electrons. The van der Waals surface area contributed by atoms with Gasteiger partial charge in [-0.2, -0.15) is 0 Å². The lowest BCUT2D eigenvalue weighted by Gasteiger charge is -2.33. The molecule has 1 N–H and O–H groups in total. The average molecular weight is 294 g/mol. The van der Waals surface area contributed by atoms with Crippen molar-refractivity contribution >= 4 is 16.9 Å². The average Bonchev–Trinajstić information content (AvgIpc) is 2.96. The minimum absolute atomic E-state index is 0.469. The van der Waals surface area contributed by atoms with Gasteiger partial charge in [0.2, 0.25) is 0 Å². The zero-order valence-electron chi connectivity index (χ0n) is 13.6. The first-order valence-corrected chi connectivity index (χ1v) is 7.54. The minimum Gasteiger partial charge on any atom is -0.354 e. The fourth-order valence-electron chi connectivity index (χ4n) is 2.81. The van der Waals surface area contributed by atoms with Crippen LogP contribution in [-0.2, 0) is 0 Å². The number of nitrogens with one attached hydrogen (secondary N) is 1. The van der Waals surface area contributed by atoms with Gasteiger partial charge in [-0.15, -0.1) is 0 Å². The number of hydrogen-bond acceptors (Lipinski definition) is 4. The first-order valence-electron chi connectivity index (χ1n) is 8.04. The molecule has 0 radical (unpaired) electrons. The minimum atomic E-state index is 0.469. The summed E-state index contributed by atoms with van der Waals surface area (Å²) in [5, 5.41) is 0.839. The zero-order chi connectivity index (χ0) is 15.8. The van der Waals surface area contributed by atoms with Gasteiger partial charge in [-0.3, -0.25) is 0 Å². The van der Waals surface area contributed by atoms with Crippen LogP contribution < -0.4 is 4.90 Å². The molecule has 4 rings (SSSR count). The van der Waals surface area contributed by atoms with E-state index in [4.69, 9.17) is 1.37 Å². The summed E-state index contributed by atoms with van der Waals surface area (Å²) in [6.45, 7) is 4.18. The van der Waals surface area contributed by atoms with Crippen molar-refractivity contribution in [3.8, 4) is 11.1 Å². The van der Waals surface area contributed by atoms with Crippen molar-refractivity contribution in [1.82, 2.24) is 19.9 Å². The normalized spacial score (nSPS) is 17.0. The summed E-state index contributed by atoms with van der Waals surface area (Å²) < 4.78 is 7.89. The molecule has 22 heavy (non-hydrogen) atoms. The van der Waals surface area contributed by atoms with E-state index in [0.717, 1.165) is 54.2 Å². The van der Waals surface area contributed by atoms with Gasteiger partial charge < -0.3 is 14.8 Å². The molecule has 0 amide bonds. The Balaban J connectivity index is 1.60. The standard InChI is InChI=1S/C17H19N5/c1-21-6-8-22(9-7-21)16-3-2-14(11-19-16)15-10-13-4-5-18-17(13)20-12-15/h2-5,10-12H,6-9H2,1H3,(H,18,20)/i4D. The number of likely N-dealkylation sites (N-methyl/N-ethyl adjacent to an activating group) is 1. The van der Waals surface area contributed by atoms with E-state index in [0.29, 0.717) is 6.04 Å². The summed E-state index contributed by atoms with van der Waals surface area (Å²) in [5.41, 5.74) is 2.77. The van der Waals surface area contributed by atoms with Gasteiger partial charge in [0.05, 0.1) is 1.37 Å². The predicted octanol–water partition coefficient (Wildman–Crippen LogP) is 2.38. The smallest absolute Gasteiger partial charge is 0.137 e. The van der Waals surface area contributed by atoms with Crippen molar-refractivity contribution in [1.29, 1.82) is 0 Å². The first-order chi connectivity index (χ1) is 11.2. The largest absolute Gasteiger partial charge is 0.354 e. The van der Waals surface area contributed by atoms with Crippen molar-refractivity contribution < 1.29 is 1.37 Å².